The van der Waals surface area contributed by atoms with E-state index < -0.39 is 23.7 Å². The average molecular weight is 255 g/mol. The molecule has 0 aromatic heterocycles. The number of unbranched alkanes of at least 4 members (excludes halogenated alkanes) is 2. The molecule has 2 N–H and O–H groups in total. The Morgan fingerprint density at radius 1 is 1.39 bits per heavy atom. The molecule has 0 spiro atoms. The van der Waals surface area contributed by atoms with E-state index in [1.165, 1.54) is 0 Å². The fourth-order valence-electron chi connectivity index (χ4n) is 1.28. The van der Waals surface area contributed by atoms with Gasteiger partial charge in [0.1, 0.15) is 11.6 Å². The van der Waals surface area contributed by atoms with Gasteiger partial charge >= 0.3 is 12.1 Å². The van der Waals surface area contributed by atoms with E-state index in [2.05, 4.69) is 11.2 Å². The number of hydrogen-bond acceptors (Lipinski definition) is 3. The van der Waals surface area contributed by atoms with Crippen molar-refractivity contribution in [3.05, 3.63) is 0 Å². The Morgan fingerprint density at radius 3 is 2.44 bits per heavy atom. The lowest BCUT2D eigenvalue weighted by Crippen LogP contribution is -2.43. The summed E-state index contributed by atoms with van der Waals surface area (Å²) in [6, 6.07) is -0.933. The normalized spacial score (nSPS) is 12.3. The molecule has 0 aromatic rings. The number of carboxylic acids is 1. The molecule has 0 aliphatic heterocycles. The smallest absolute Gasteiger partial charge is 0.408 e. The molecular weight excluding hydrogens is 234 g/mol. The molecule has 0 unspecified atom stereocenters. The van der Waals surface area contributed by atoms with E-state index in [4.69, 9.17) is 16.3 Å². The van der Waals surface area contributed by atoms with Crippen molar-refractivity contribution in [2.24, 2.45) is 0 Å². The van der Waals surface area contributed by atoms with E-state index in [1.54, 1.807) is 20.8 Å². The number of terminal acetylenes is 1. The van der Waals surface area contributed by atoms with Gasteiger partial charge in [-0.25, -0.2) is 9.59 Å². The number of amides is 1. The van der Waals surface area contributed by atoms with Gasteiger partial charge in [-0.15, -0.1) is 12.3 Å². The van der Waals surface area contributed by atoms with Crippen molar-refractivity contribution in [1.82, 2.24) is 5.32 Å². The zero-order chi connectivity index (χ0) is 14.2. The number of carbonyl (C=O) groups is 2. The first-order valence-electron chi connectivity index (χ1n) is 5.92. The van der Waals surface area contributed by atoms with Crippen molar-refractivity contribution < 1.29 is 19.4 Å². The Kier molecular flexibility index (Phi) is 6.88. The SMILES string of the molecule is C#CCCCC[C@H](NC(=O)OC(C)(C)C)C(=O)O. The molecule has 102 valence electrons. The maximum Gasteiger partial charge on any atom is 0.408 e. The number of hydrogen-bond donors (Lipinski definition) is 2. The summed E-state index contributed by atoms with van der Waals surface area (Å²) in [4.78, 5) is 22.4. The molecule has 0 aliphatic carbocycles. The fraction of sp³-hybridized carbons (Fsp3) is 0.692. The Bertz CT molecular complexity index is 325. The van der Waals surface area contributed by atoms with E-state index in [9.17, 15) is 9.59 Å². The van der Waals surface area contributed by atoms with Gasteiger partial charge in [-0.2, -0.15) is 0 Å². The van der Waals surface area contributed by atoms with Crippen molar-refractivity contribution in [2.45, 2.75) is 58.1 Å². The molecule has 0 saturated carbocycles. The summed E-state index contributed by atoms with van der Waals surface area (Å²) in [5.74, 6) is 1.42. The minimum absolute atomic E-state index is 0.344. The Labute approximate surface area is 108 Å². The van der Waals surface area contributed by atoms with Crippen LogP contribution in [0.5, 0.6) is 0 Å². The highest BCUT2D eigenvalue weighted by molar-refractivity contribution is 5.79. The molecule has 5 nitrogen and oxygen atoms in total. The van der Waals surface area contributed by atoms with Crippen molar-refractivity contribution in [3.63, 3.8) is 0 Å². The summed E-state index contributed by atoms with van der Waals surface area (Å²) < 4.78 is 5.00. The van der Waals surface area contributed by atoms with Crippen LogP contribution >= 0.6 is 0 Å². The summed E-state index contributed by atoms with van der Waals surface area (Å²) in [5.41, 5.74) is -0.642. The molecule has 0 aliphatic rings. The molecule has 0 bridgehead atoms. The zero-order valence-electron chi connectivity index (χ0n) is 11.2. The van der Waals surface area contributed by atoms with Crippen LogP contribution in [-0.2, 0) is 9.53 Å². The molecule has 5 heteroatoms. The van der Waals surface area contributed by atoms with Crippen molar-refractivity contribution in [3.8, 4) is 12.3 Å². The highest BCUT2D eigenvalue weighted by Gasteiger charge is 2.23. The van der Waals surface area contributed by atoms with Gasteiger partial charge in [0.2, 0.25) is 0 Å². The summed E-state index contributed by atoms with van der Waals surface area (Å²) in [6.45, 7) is 5.15. The Hall–Kier alpha value is -1.70. The van der Waals surface area contributed by atoms with Crippen molar-refractivity contribution in [2.75, 3.05) is 0 Å². The van der Waals surface area contributed by atoms with Crippen LogP contribution in [0.4, 0.5) is 4.79 Å². The number of carboxylic acid groups (broad SMARTS) is 1. The van der Waals surface area contributed by atoms with Crippen molar-refractivity contribution in [1.29, 1.82) is 0 Å². The maximum absolute atomic E-state index is 11.4. The highest BCUT2D eigenvalue weighted by Crippen LogP contribution is 2.08. The van der Waals surface area contributed by atoms with Crippen LogP contribution in [-0.4, -0.2) is 28.8 Å². The molecule has 18 heavy (non-hydrogen) atoms. The fourth-order valence-corrected chi connectivity index (χ4v) is 1.28. The predicted octanol–water partition coefficient (Wildman–Crippen LogP) is 2.16. The Morgan fingerprint density at radius 2 is 2.00 bits per heavy atom. The zero-order valence-corrected chi connectivity index (χ0v) is 11.2. The second-order valence-electron chi connectivity index (χ2n) is 4.99. The minimum atomic E-state index is -1.07. The number of alkyl carbamates (subject to hydrolysis) is 1. The van der Waals surface area contributed by atoms with Crippen molar-refractivity contribution >= 4 is 12.1 Å². The number of carbonyl (C=O) groups excluding carboxylic acids is 1. The summed E-state index contributed by atoms with van der Waals surface area (Å²) in [6.07, 6.45) is 6.73. The third-order valence-corrected chi connectivity index (χ3v) is 2.05. The molecule has 1 amide bonds. The third kappa shape index (κ3) is 8.45. The van der Waals surface area contributed by atoms with E-state index in [0.717, 1.165) is 6.42 Å². The first-order valence-corrected chi connectivity index (χ1v) is 5.92. The second kappa shape index (κ2) is 7.59. The molecule has 0 fully saturated rings. The highest BCUT2D eigenvalue weighted by atomic mass is 16.6. The standard InChI is InChI=1S/C13H21NO4/c1-5-6-7-8-9-10(11(15)16)14-12(17)18-13(2,3)4/h1,10H,6-9H2,2-4H3,(H,14,17)(H,15,16)/t10-/m0/s1. The molecule has 0 aromatic carbocycles. The number of aliphatic carboxylic acids is 1. The van der Waals surface area contributed by atoms with Crippen LogP contribution < -0.4 is 5.32 Å². The number of rotatable bonds is 6. The van der Waals surface area contributed by atoms with Gasteiger partial charge in [0.15, 0.2) is 0 Å². The molecule has 0 heterocycles. The van der Waals surface area contributed by atoms with E-state index in [-0.39, 0.29) is 0 Å². The third-order valence-electron chi connectivity index (χ3n) is 2.05. The van der Waals surface area contributed by atoms with Crippen LogP contribution in [0.3, 0.4) is 0 Å². The minimum Gasteiger partial charge on any atom is -0.480 e. The van der Waals surface area contributed by atoms with Crippen LogP contribution in [0.25, 0.3) is 0 Å². The lowest BCUT2D eigenvalue weighted by atomic mass is 10.1. The van der Waals surface area contributed by atoms with Gasteiger partial charge in [-0.1, -0.05) is 0 Å². The van der Waals surface area contributed by atoms with Gasteiger partial charge in [0.05, 0.1) is 0 Å². The first-order chi connectivity index (χ1) is 8.26. The van der Waals surface area contributed by atoms with E-state index in [0.29, 0.717) is 19.3 Å². The van der Waals surface area contributed by atoms with Gasteiger partial charge < -0.3 is 15.2 Å². The molecular formula is C13H21NO4. The van der Waals surface area contributed by atoms with E-state index in [1.807, 2.05) is 0 Å². The molecule has 0 radical (unpaired) electrons. The molecule has 0 rings (SSSR count). The van der Waals surface area contributed by atoms with Crippen LogP contribution in [0, 0.1) is 12.3 Å². The summed E-state index contributed by atoms with van der Waals surface area (Å²) >= 11 is 0. The monoisotopic (exact) mass is 255 g/mol. The first kappa shape index (κ1) is 16.3. The Balaban J connectivity index is 4.16. The van der Waals surface area contributed by atoms with E-state index >= 15 is 0 Å². The van der Waals surface area contributed by atoms with Crippen LogP contribution in [0.1, 0.15) is 46.5 Å². The van der Waals surface area contributed by atoms with Crippen LogP contribution in [0.15, 0.2) is 0 Å². The lowest BCUT2D eigenvalue weighted by molar-refractivity contribution is -0.139. The predicted molar refractivity (Wildman–Crippen MR) is 68.1 cm³/mol. The van der Waals surface area contributed by atoms with Gasteiger partial charge in [0, 0.05) is 6.42 Å². The number of nitrogens with one attached hydrogen (secondary N) is 1. The average Bonchev–Trinajstić information content (AvgIpc) is 2.19. The quantitative estimate of drug-likeness (QED) is 0.563. The van der Waals surface area contributed by atoms with Gasteiger partial charge in [-0.05, 0) is 40.0 Å². The largest absolute Gasteiger partial charge is 0.480 e. The summed E-state index contributed by atoms with van der Waals surface area (Å²) in [7, 11) is 0. The van der Waals surface area contributed by atoms with Gasteiger partial charge in [0.25, 0.3) is 0 Å². The van der Waals surface area contributed by atoms with Gasteiger partial charge in [-0.3, -0.25) is 0 Å². The second-order valence-corrected chi connectivity index (χ2v) is 4.99. The topological polar surface area (TPSA) is 75.6 Å². The number of ether oxygens (including phenoxy) is 1. The maximum atomic E-state index is 11.4. The van der Waals surface area contributed by atoms with Crippen LogP contribution in [0.2, 0.25) is 0 Å². The molecule has 0 saturated heterocycles. The summed E-state index contributed by atoms with van der Waals surface area (Å²) in [5, 5.41) is 11.3. The molecule has 1 atom stereocenters. The lowest BCUT2D eigenvalue weighted by Gasteiger charge is -2.21.